The molecular weight excluding hydrogens is 252 g/mol. The summed E-state index contributed by atoms with van der Waals surface area (Å²) in [5.74, 6) is 0.854. The summed E-state index contributed by atoms with van der Waals surface area (Å²) in [4.78, 5) is 11.4. The minimum atomic E-state index is -0.503. The summed E-state index contributed by atoms with van der Waals surface area (Å²) in [6.45, 7) is 11.0. The van der Waals surface area contributed by atoms with Crippen LogP contribution in [0.1, 0.15) is 40.0 Å². The first-order chi connectivity index (χ1) is 9.51. The van der Waals surface area contributed by atoms with E-state index in [0.29, 0.717) is 18.4 Å². The van der Waals surface area contributed by atoms with Crippen molar-refractivity contribution in [2.75, 3.05) is 6.61 Å². The van der Waals surface area contributed by atoms with Crippen molar-refractivity contribution >= 4 is 5.97 Å². The van der Waals surface area contributed by atoms with Gasteiger partial charge in [0.25, 0.3) is 0 Å². The molecule has 0 bridgehead atoms. The van der Waals surface area contributed by atoms with Crippen LogP contribution in [-0.2, 0) is 14.3 Å². The highest BCUT2D eigenvalue weighted by molar-refractivity contribution is 5.85. The predicted molar refractivity (Wildman–Crippen MR) is 79.0 cm³/mol. The Morgan fingerprint density at radius 1 is 1.40 bits per heavy atom. The summed E-state index contributed by atoms with van der Waals surface area (Å²) in [5.41, 5.74) is 3.46. The van der Waals surface area contributed by atoms with Crippen LogP contribution in [0.4, 0.5) is 0 Å². The molecule has 0 spiro atoms. The largest absolute Gasteiger partial charge is 0.428 e. The molecule has 3 heteroatoms. The van der Waals surface area contributed by atoms with E-state index in [4.69, 9.17) is 9.47 Å². The number of esters is 1. The van der Waals surface area contributed by atoms with Crippen LogP contribution in [0.15, 0.2) is 35.5 Å². The van der Waals surface area contributed by atoms with E-state index in [1.54, 1.807) is 6.08 Å². The van der Waals surface area contributed by atoms with Crippen molar-refractivity contribution in [2.45, 2.75) is 46.3 Å². The number of hydrogen-bond acceptors (Lipinski definition) is 3. The minimum Gasteiger partial charge on any atom is -0.428 e. The summed E-state index contributed by atoms with van der Waals surface area (Å²) in [5, 5.41) is 0. The predicted octanol–water partition coefficient (Wildman–Crippen LogP) is 3.77. The van der Waals surface area contributed by atoms with Gasteiger partial charge in [0.15, 0.2) is 0 Å². The molecular formula is C17H24O3. The number of cyclic esters (lactones) is 1. The molecule has 1 heterocycles. The van der Waals surface area contributed by atoms with Gasteiger partial charge in [-0.25, -0.2) is 4.79 Å². The van der Waals surface area contributed by atoms with Crippen LogP contribution in [0, 0.1) is 11.8 Å². The van der Waals surface area contributed by atoms with Crippen LogP contribution in [0.3, 0.4) is 0 Å². The van der Waals surface area contributed by atoms with Gasteiger partial charge in [-0.15, -0.1) is 0 Å². The quantitative estimate of drug-likeness (QED) is 0.717. The second kappa shape index (κ2) is 6.40. The first-order valence-corrected chi connectivity index (χ1v) is 7.42. The third-order valence-corrected chi connectivity index (χ3v) is 4.00. The number of carbonyl (C=O) groups excluding carboxylic acids is 1. The van der Waals surface area contributed by atoms with Crippen molar-refractivity contribution in [1.29, 1.82) is 0 Å². The molecule has 0 saturated carbocycles. The Morgan fingerprint density at radius 2 is 2.15 bits per heavy atom. The fourth-order valence-corrected chi connectivity index (χ4v) is 3.01. The second-order valence-corrected chi connectivity index (χ2v) is 5.89. The first kappa shape index (κ1) is 15.0. The molecule has 0 aromatic heterocycles. The average molecular weight is 276 g/mol. The maximum Gasteiger partial charge on any atom is 0.333 e. The van der Waals surface area contributed by atoms with E-state index >= 15 is 0 Å². The standard InChI is InChI=1S/C17H24O3/c1-5-19-17-14(10-16(18)20-17)9-13-8-12(4)6-7-15(13)11(2)3/h8,10-11,15,17H,4-7,9H2,1-3H3. The zero-order valence-electron chi connectivity index (χ0n) is 12.6. The van der Waals surface area contributed by atoms with Crippen LogP contribution < -0.4 is 0 Å². The van der Waals surface area contributed by atoms with Crippen molar-refractivity contribution in [2.24, 2.45) is 11.8 Å². The lowest BCUT2D eigenvalue weighted by Gasteiger charge is -2.29. The molecule has 0 amide bonds. The molecule has 0 saturated heterocycles. The lowest BCUT2D eigenvalue weighted by molar-refractivity contribution is -0.158. The summed E-state index contributed by atoms with van der Waals surface area (Å²) in [6.07, 6.45) is 6.23. The number of ether oxygens (including phenoxy) is 2. The van der Waals surface area contributed by atoms with E-state index in [-0.39, 0.29) is 5.97 Å². The minimum absolute atomic E-state index is 0.296. The molecule has 110 valence electrons. The lowest BCUT2D eigenvalue weighted by Crippen LogP contribution is -2.20. The van der Waals surface area contributed by atoms with E-state index in [0.717, 1.165) is 24.8 Å². The van der Waals surface area contributed by atoms with Crippen LogP contribution >= 0.6 is 0 Å². The molecule has 2 aliphatic rings. The molecule has 0 N–H and O–H groups in total. The zero-order chi connectivity index (χ0) is 14.7. The van der Waals surface area contributed by atoms with Gasteiger partial charge >= 0.3 is 5.97 Å². The van der Waals surface area contributed by atoms with Gasteiger partial charge in [0.05, 0.1) is 0 Å². The summed E-state index contributed by atoms with van der Waals surface area (Å²) >= 11 is 0. The maximum atomic E-state index is 11.4. The zero-order valence-corrected chi connectivity index (χ0v) is 12.6. The SMILES string of the molecule is C=C1C=C(CC2=CC(=O)OC2OCC)C(C(C)C)CC1. The monoisotopic (exact) mass is 276 g/mol. The molecule has 0 aromatic carbocycles. The summed E-state index contributed by atoms with van der Waals surface area (Å²) < 4.78 is 10.7. The Hall–Kier alpha value is -1.35. The fourth-order valence-electron chi connectivity index (χ4n) is 3.01. The van der Waals surface area contributed by atoms with Crippen molar-refractivity contribution in [3.63, 3.8) is 0 Å². The smallest absolute Gasteiger partial charge is 0.333 e. The number of allylic oxidation sites excluding steroid dienone is 3. The molecule has 1 aliphatic heterocycles. The van der Waals surface area contributed by atoms with Crippen molar-refractivity contribution < 1.29 is 14.3 Å². The van der Waals surface area contributed by atoms with E-state index in [1.165, 1.54) is 11.1 Å². The molecule has 0 aromatic rings. The molecule has 3 nitrogen and oxygen atoms in total. The van der Waals surface area contributed by atoms with Gasteiger partial charge in [-0.3, -0.25) is 0 Å². The number of carbonyl (C=O) groups is 1. The molecule has 2 rings (SSSR count). The third-order valence-electron chi connectivity index (χ3n) is 4.00. The Bertz CT molecular complexity index is 457. The Balaban J connectivity index is 2.15. The number of hydrogen-bond donors (Lipinski definition) is 0. The summed E-state index contributed by atoms with van der Waals surface area (Å²) in [7, 11) is 0. The van der Waals surface area contributed by atoms with Gasteiger partial charge in [-0.2, -0.15) is 0 Å². The van der Waals surface area contributed by atoms with Crippen LogP contribution in [0.25, 0.3) is 0 Å². The second-order valence-electron chi connectivity index (χ2n) is 5.89. The van der Waals surface area contributed by atoms with Crippen LogP contribution in [0.5, 0.6) is 0 Å². The molecule has 0 fully saturated rings. The normalized spacial score (nSPS) is 26.6. The van der Waals surface area contributed by atoms with E-state index < -0.39 is 6.29 Å². The van der Waals surface area contributed by atoms with Gasteiger partial charge in [-0.1, -0.05) is 37.6 Å². The molecule has 1 aliphatic carbocycles. The van der Waals surface area contributed by atoms with Gasteiger partial charge in [0.1, 0.15) is 0 Å². The maximum absolute atomic E-state index is 11.4. The average Bonchev–Trinajstić information content (AvgIpc) is 2.69. The molecule has 2 unspecified atom stereocenters. The highest BCUT2D eigenvalue weighted by Gasteiger charge is 2.30. The Morgan fingerprint density at radius 3 is 2.80 bits per heavy atom. The van der Waals surface area contributed by atoms with Crippen LogP contribution in [-0.4, -0.2) is 18.9 Å². The van der Waals surface area contributed by atoms with Gasteiger partial charge in [0, 0.05) is 18.3 Å². The fraction of sp³-hybridized carbons (Fsp3) is 0.588. The molecule has 20 heavy (non-hydrogen) atoms. The Kier molecular flexibility index (Phi) is 4.81. The highest BCUT2D eigenvalue weighted by Crippen LogP contribution is 2.37. The van der Waals surface area contributed by atoms with E-state index in [2.05, 4.69) is 26.5 Å². The van der Waals surface area contributed by atoms with Crippen molar-refractivity contribution in [3.05, 3.63) is 35.5 Å². The van der Waals surface area contributed by atoms with Crippen molar-refractivity contribution in [1.82, 2.24) is 0 Å². The summed E-state index contributed by atoms with van der Waals surface area (Å²) in [6, 6.07) is 0. The van der Waals surface area contributed by atoms with Gasteiger partial charge in [-0.05, 0) is 38.0 Å². The number of rotatable bonds is 5. The van der Waals surface area contributed by atoms with E-state index in [9.17, 15) is 4.79 Å². The Labute approximate surface area is 121 Å². The van der Waals surface area contributed by atoms with Gasteiger partial charge < -0.3 is 9.47 Å². The van der Waals surface area contributed by atoms with E-state index in [1.807, 2.05) is 6.92 Å². The highest BCUT2D eigenvalue weighted by atomic mass is 16.7. The molecule has 0 radical (unpaired) electrons. The lowest BCUT2D eigenvalue weighted by atomic mass is 9.76. The van der Waals surface area contributed by atoms with Crippen molar-refractivity contribution in [3.8, 4) is 0 Å². The first-order valence-electron chi connectivity index (χ1n) is 7.42. The van der Waals surface area contributed by atoms with Crippen LogP contribution in [0.2, 0.25) is 0 Å². The third kappa shape index (κ3) is 3.40. The topological polar surface area (TPSA) is 35.5 Å². The molecule has 2 atom stereocenters. The van der Waals surface area contributed by atoms with Gasteiger partial charge in [0.2, 0.25) is 6.29 Å².